The maximum absolute atomic E-state index is 10.1. The van der Waals surface area contributed by atoms with Crippen LogP contribution in [0.1, 0.15) is 116 Å². The molecule has 1 aromatic rings. The van der Waals surface area contributed by atoms with Crippen molar-refractivity contribution in [3.05, 3.63) is 35.9 Å². The lowest BCUT2D eigenvalue weighted by molar-refractivity contribution is -0.0454. The summed E-state index contributed by atoms with van der Waals surface area (Å²) in [5.41, 5.74) is 1.08. The molecule has 0 saturated carbocycles. The zero-order chi connectivity index (χ0) is 22.6. The second-order valence-electron chi connectivity index (χ2n) is 9.70. The van der Waals surface area contributed by atoms with Crippen molar-refractivity contribution in [2.45, 2.75) is 129 Å². The number of hydrogen-bond acceptors (Lipinski definition) is 3. The van der Waals surface area contributed by atoms with Crippen molar-refractivity contribution >= 4 is 0 Å². The Morgan fingerprint density at radius 1 is 0.613 bits per heavy atom. The molecule has 3 nitrogen and oxygen atoms in total. The van der Waals surface area contributed by atoms with E-state index in [9.17, 15) is 10.2 Å². The Balaban J connectivity index is 1.81. The molecule has 1 rings (SSSR count). The fraction of sp³-hybridized carbons (Fsp3) is 0.786. The first kappa shape index (κ1) is 28.1. The Kier molecular flexibility index (Phi) is 17.9. The molecule has 0 aliphatic carbocycles. The predicted molar refractivity (Wildman–Crippen MR) is 132 cm³/mol. The Morgan fingerprint density at radius 2 is 1.06 bits per heavy atom. The third kappa shape index (κ3) is 17.3. The predicted octanol–water partition coefficient (Wildman–Crippen LogP) is 7.43. The molecule has 0 heterocycles. The van der Waals surface area contributed by atoms with Crippen LogP contribution in [0.2, 0.25) is 0 Å². The summed E-state index contributed by atoms with van der Waals surface area (Å²) in [5, 5.41) is 20.1. The molecule has 0 aliphatic heterocycles. The second kappa shape index (κ2) is 19.8. The number of aliphatic hydroxyl groups excluding tert-OH is 2. The van der Waals surface area contributed by atoms with Crippen molar-refractivity contribution in [1.29, 1.82) is 0 Å². The molecule has 0 bridgehead atoms. The minimum atomic E-state index is -0.793. The number of rotatable bonds is 21. The molecule has 0 aromatic heterocycles. The van der Waals surface area contributed by atoms with E-state index in [1.54, 1.807) is 0 Å². The van der Waals surface area contributed by atoms with Crippen LogP contribution in [0.5, 0.6) is 0 Å². The van der Waals surface area contributed by atoms with E-state index in [4.69, 9.17) is 4.74 Å². The standard InChI is InChI=1S/C28H50O3/c1-25(2)19-15-12-10-8-6-4-3-5-7-9-11-13-18-22-27(29)28(30)24-31-23-26-20-16-14-17-21-26/h14,16-17,20-21,25,27-30H,3-13,15,18-19,22-24H2,1-2H3. The van der Waals surface area contributed by atoms with Crippen LogP contribution in [0.15, 0.2) is 30.3 Å². The average molecular weight is 435 g/mol. The molecule has 1 aromatic carbocycles. The summed E-state index contributed by atoms with van der Waals surface area (Å²) in [4.78, 5) is 0. The fourth-order valence-electron chi connectivity index (χ4n) is 4.03. The number of hydrogen-bond donors (Lipinski definition) is 2. The lowest BCUT2D eigenvalue weighted by atomic mass is 10.0. The Morgan fingerprint density at radius 3 is 1.55 bits per heavy atom. The van der Waals surface area contributed by atoms with Gasteiger partial charge in [-0.1, -0.05) is 134 Å². The van der Waals surface area contributed by atoms with Gasteiger partial charge in [0, 0.05) is 0 Å². The minimum Gasteiger partial charge on any atom is -0.390 e. The molecule has 0 amide bonds. The molecule has 3 heteroatoms. The third-order valence-electron chi connectivity index (χ3n) is 6.13. The molecule has 180 valence electrons. The average Bonchev–Trinajstić information content (AvgIpc) is 2.76. The molecule has 0 radical (unpaired) electrons. The Labute approximate surface area is 192 Å². The van der Waals surface area contributed by atoms with Crippen molar-refractivity contribution in [2.24, 2.45) is 5.92 Å². The van der Waals surface area contributed by atoms with Crippen molar-refractivity contribution < 1.29 is 14.9 Å². The quantitative estimate of drug-likeness (QED) is 0.198. The topological polar surface area (TPSA) is 49.7 Å². The van der Waals surface area contributed by atoms with Crippen LogP contribution in [0.25, 0.3) is 0 Å². The Bertz CT molecular complexity index is 488. The molecule has 2 N–H and O–H groups in total. The number of aliphatic hydroxyl groups is 2. The maximum atomic E-state index is 10.1. The van der Waals surface area contributed by atoms with Gasteiger partial charge < -0.3 is 14.9 Å². The van der Waals surface area contributed by atoms with E-state index in [0.29, 0.717) is 13.0 Å². The van der Waals surface area contributed by atoms with Gasteiger partial charge in [0.1, 0.15) is 6.10 Å². The molecule has 2 atom stereocenters. The van der Waals surface area contributed by atoms with E-state index in [1.165, 1.54) is 77.0 Å². The van der Waals surface area contributed by atoms with Crippen LogP contribution in [0.4, 0.5) is 0 Å². The summed E-state index contributed by atoms with van der Waals surface area (Å²) in [6.45, 7) is 5.30. The van der Waals surface area contributed by atoms with Gasteiger partial charge in [-0.25, -0.2) is 0 Å². The van der Waals surface area contributed by atoms with Crippen LogP contribution >= 0.6 is 0 Å². The van der Waals surface area contributed by atoms with Gasteiger partial charge in [0.2, 0.25) is 0 Å². The van der Waals surface area contributed by atoms with Gasteiger partial charge in [-0.2, -0.15) is 0 Å². The van der Waals surface area contributed by atoms with Gasteiger partial charge in [-0.05, 0) is 17.9 Å². The van der Waals surface area contributed by atoms with Crippen LogP contribution in [-0.4, -0.2) is 29.0 Å². The maximum Gasteiger partial charge on any atom is 0.103 e. The SMILES string of the molecule is CC(C)CCCCCCCCCCCCCCCC(O)C(O)COCc1ccccc1. The van der Waals surface area contributed by atoms with E-state index >= 15 is 0 Å². The van der Waals surface area contributed by atoms with Crippen LogP contribution < -0.4 is 0 Å². The summed E-state index contributed by atoms with van der Waals surface area (Å²) in [5.74, 6) is 0.862. The van der Waals surface area contributed by atoms with E-state index in [2.05, 4.69) is 13.8 Å². The number of benzene rings is 1. The first-order valence-corrected chi connectivity index (χ1v) is 13.1. The molecule has 0 spiro atoms. The monoisotopic (exact) mass is 434 g/mol. The zero-order valence-electron chi connectivity index (χ0n) is 20.4. The summed E-state index contributed by atoms with van der Waals surface area (Å²) >= 11 is 0. The first-order valence-electron chi connectivity index (χ1n) is 13.1. The second-order valence-corrected chi connectivity index (χ2v) is 9.70. The van der Waals surface area contributed by atoms with Crippen LogP contribution in [0, 0.1) is 5.92 Å². The highest BCUT2D eigenvalue weighted by Gasteiger charge is 2.15. The molecule has 0 aliphatic rings. The highest BCUT2D eigenvalue weighted by Crippen LogP contribution is 2.15. The first-order chi connectivity index (χ1) is 15.1. The molecule has 31 heavy (non-hydrogen) atoms. The van der Waals surface area contributed by atoms with Gasteiger partial charge in [0.25, 0.3) is 0 Å². The molecular formula is C28H50O3. The van der Waals surface area contributed by atoms with Crippen molar-refractivity contribution in [1.82, 2.24) is 0 Å². The molecule has 0 fully saturated rings. The van der Waals surface area contributed by atoms with Gasteiger partial charge >= 0.3 is 0 Å². The molecule has 0 saturated heterocycles. The van der Waals surface area contributed by atoms with Crippen molar-refractivity contribution in [3.63, 3.8) is 0 Å². The van der Waals surface area contributed by atoms with E-state index in [0.717, 1.165) is 24.3 Å². The minimum absolute atomic E-state index is 0.188. The summed E-state index contributed by atoms with van der Waals surface area (Å²) in [6, 6.07) is 9.92. The number of unbranched alkanes of at least 4 members (excludes halogenated alkanes) is 12. The van der Waals surface area contributed by atoms with Crippen molar-refractivity contribution in [3.8, 4) is 0 Å². The highest BCUT2D eigenvalue weighted by molar-refractivity contribution is 5.13. The summed E-state index contributed by atoms with van der Waals surface area (Å²) in [7, 11) is 0. The lowest BCUT2D eigenvalue weighted by Gasteiger charge is -2.18. The zero-order valence-corrected chi connectivity index (χ0v) is 20.4. The van der Waals surface area contributed by atoms with E-state index in [-0.39, 0.29) is 6.61 Å². The Hall–Kier alpha value is -0.900. The summed E-state index contributed by atoms with van der Waals surface area (Å²) in [6.07, 6.45) is 17.8. The van der Waals surface area contributed by atoms with E-state index in [1.807, 2.05) is 30.3 Å². The van der Waals surface area contributed by atoms with Crippen molar-refractivity contribution in [2.75, 3.05) is 6.61 Å². The largest absolute Gasteiger partial charge is 0.390 e. The number of ether oxygens (including phenoxy) is 1. The van der Waals surface area contributed by atoms with Gasteiger partial charge in [0.15, 0.2) is 0 Å². The lowest BCUT2D eigenvalue weighted by Crippen LogP contribution is -2.30. The van der Waals surface area contributed by atoms with Gasteiger partial charge in [-0.3, -0.25) is 0 Å². The van der Waals surface area contributed by atoms with Crippen LogP contribution in [-0.2, 0) is 11.3 Å². The smallest absolute Gasteiger partial charge is 0.103 e. The molecular weight excluding hydrogens is 384 g/mol. The molecule has 2 unspecified atom stereocenters. The van der Waals surface area contributed by atoms with Gasteiger partial charge in [-0.15, -0.1) is 0 Å². The fourth-order valence-corrected chi connectivity index (χ4v) is 4.03. The summed E-state index contributed by atoms with van der Waals surface area (Å²) < 4.78 is 5.53. The third-order valence-corrected chi connectivity index (χ3v) is 6.13. The highest BCUT2D eigenvalue weighted by atomic mass is 16.5. The normalized spacial score (nSPS) is 13.6. The van der Waals surface area contributed by atoms with E-state index < -0.39 is 12.2 Å². The van der Waals surface area contributed by atoms with Crippen LogP contribution in [0.3, 0.4) is 0 Å². The van der Waals surface area contributed by atoms with Gasteiger partial charge in [0.05, 0.1) is 19.3 Å².